The molecule has 2 atom stereocenters. The maximum atomic E-state index is 11.5. The summed E-state index contributed by atoms with van der Waals surface area (Å²) in [7, 11) is -1.66. The van der Waals surface area contributed by atoms with Gasteiger partial charge in [-0.3, -0.25) is 4.68 Å². The molecule has 0 saturated carbocycles. The number of sulfone groups is 1. The molecule has 0 fully saturated rings. The van der Waals surface area contributed by atoms with Crippen LogP contribution in [0.15, 0.2) is 6.20 Å². The minimum absolute atomic E-state index is 0.370. The second kappa shape index (κ2) is 6.01. The Labute approximate surface area is 112 Å². The van der Waals surface area contributed by atoms with Crippen LogP contribution < -0.4 is 5.73 Å². The lowest BCUT2D eigenvalue weighted by Crippen LogP contribution is -2.32. The Morgan fingerprint density at radius 2 is 2.22 bits per heavy atom. The van der Waals surface area contributed by atoms with Crippen LogP contribution in [-0.2, 0) is 21.1 Å². The topological polar surface area (TPSA) is 87.2 Å². The van der Waals surface area contributed by atoms with Crippen molar-refractivity contribution in [1.29, 1.82) is 0 Å². The van der Waals surface area contributed by atoms with Crippen LogP contribution in [-0.4, -0.2) is 43.4 Å². The molecule has 104 valence electrons. The largest absolute Gasteiger partial charge is 0.383 e. The maximum absolute atomic E-state index is 11.5. The van der Waals surface area contributed by atoms with Crippen molar-refractivity contribution in [2.45, 2.75) is 24.8 Å². The monoisotopic (exact) mass is 295 g/mol. The molecule has 0 spiro atoms. The number of nitrogens with zero attached hydrogens (tertiary/aromatic N) is 2. The van der Waals surface area contributed by atoms with Gasteiger partial charge in [0, 0.05) is 13.4 Å². The highest BCUT2D eigenvalue weighted by molar-refractivity contribution is 7.91. The van der Waals surface area contributed by atoms with Crippen LogP contribution in [0.2, 0.25) is 5.02 Å². The molecule has 2 unspecified atom stereocenters. The second-order valence-electron chi connectivity index (χ2n) is 4.15. The van der Waals surface area contributed by atoms with Crippen LogP contribution in [0, 0.1) is 0 Å². The molecular weight excluding hydrogens is 278 g/mol. The van der Waals surface area contributed by atoms with Gasteiger partial charge in [0.05, 0.1) is 41.4 Å². The van der Waals surface area contributed by atoms with Crippen LogP contribution in [0.25, 0.3) is 0 Å². The molecule has 8 heteroatoms. The quantitative estimate of drug-likeness (QED) is 0.831. The minimum Gasteiger partial charge on any atom is -0.383 e. The van der Waals surface area contributed by atoms with E-state index in [0.29, 0.717) is 23.9 Å². The van der Waals surface area contributed by atoms with Gasteiger partial charge in [-0.15, -0.1) is 0 Å². The van der Waals surface area contributed by atoms with Gasteiger partial charge in [0.15, 0.2) is 9.84 Å². The molecule has 1 rings (SSSR count). The SMILES string of the molecule is COCCn1ncc(Cl)c1C(N)C(C)S(C)(=O)=O. The second-order valence-corrected chi connectivity index (χ2v) is 6.96. The fourth-order valence-electron chi connectivity index (χ4n) is 1.55. The molecule has 0 radical (unpaired) electrons. The van der Waals surface area contributed by atoms with E-state index < -0.39 is 21.1 Å². The average molecular weight is 296 g/mol. The van der Waals surface area contributed by atoms with E-state index in [1.165, 1.54) is 6.20 Å². The summed E-state index contributed by atoms with van der Waals surface area (Å²) in [6.45, 7) is 2.48. The predicted molar refractivity (Wildman–Crippen MR) is 70.3 cm³/mol. The van der Waals surface area contributed by atoms with Crippen LogP contribution in [0.4, 0.5) is 0 Å². The van der Waals surface area contributed by atoms with Crippen LogP contribution >= 0.6 is 11.6 Å². The van der Waals surface area contributed by atoms with Gasteiger partial charge in [-0.1, -0.05) is 11.6 Å². The zero-order valence-electron chi connectivity index (χ0n) is 10.6. The molecule has 0 aromatic carbocycles. The fraction of sp³-hybridized carbons (Fsp3) is 0.700. The van der Waals surface area contributed by atoms with Crippen LogP contribution in [0.3, 0.4) is 0 Å². The van der Waals surface area contributed by atoms with E-state index in [-0.39, 0.29) is 0 Å². The van der Waals surface area contributed by atoms with Gasteiger partial charge in [-0.25, -0.2) is 8.42 Å². The number of nitrogens with two attached hydrogens (primary N) is 1. The first-order chi connectivity index (χ1) is 8.29. The standard InChI is InChI=1S/C10H18ClN3O3S/c1-7(18(3,15)16)9(12)10-8(11)6-13-14(10)4-5-17-2/h6-7,9H,4-5,12H2,1-3H3. The third-order valence-electron chi connectivity index (χ3n) is 2.84. The summed E-state index contributed by atoms with van der Waals surface area (Å²) < 4.78 is 29.6. The number of halogens is 1. The van der Waals surface area contributed by atoms with Gasteiger partial charge in [0.25, 0.3) is 0 Å². The third kappa shape index (κ3) is 3.44. The Balaban J connectivity index is 3.04. The summed E-state index contributed by atoms with van der Waals surface area (Å²) >= 11 is 6.01. The van der Waals surface area contributed by atoms with Gasteiger partial charge in [0.1, 0.15) is 0 Å². The number of ether oxygens (including phenoxy) is 1. The van der Waals surface area contributed by atoms with Crippen molar-refractivity contribution < 1.29 is 13.2 Å². The van der Waals surface area contributed by atoms with E-state index in [1.54, 1.807) is 18.7 Å². The van der Waals surface area contributed by atoms with Crippen molar-refractivity contribution in [2.75, 3.05) is 20.0 Å². The molecule has 1 heterocycles. The summed E-state index contributed by atoms with van der Waals surface area (Å²) in [5.74, 6) is 0. The smallest absolute Gasteiger partial charge is 0.151 e. The van der Waals surface area contributed by atoms with Crippen molar-refractivity contribution in [3.8, 4) is 0 Å². The molecule has 6 nitrogen and oxygen atoms in total. The van der Waals surface area contributed by atoms with E-state index >= 15 is 0 Å². The first-order valence-corrected chi connectivity index (χ1v) is 7.77. The number of hydrogen-bond donors (Lipinski definition) is 1. The average Bonchev–Trinajstić information content (AvgIpc) is 2.64. The molecule has 0 aliphatic rings. The zero-order chi connectivity index (χ0) is 13.9. The first kappa shape index (κ1) is 15.4. The van der Waals surface area contributed by atoms with Crippen molar-refractivity contribution in [3.05, 3.63) is 16.9 Å². The molecule has 0 saturated heterocycles. The molecule has 2 N–H and O–H groups in total. The molecule has 0 amide bonds. The Morgan fingerprint density at radius 3 is 2.72 bits per heavy atom. The zero-order valence-corrected chi connectivity index (χ0v) is 12.2. The van der Waals surface area contributed by atoms with E-state index in [9.17, 15) is 8.42 Å². The Bertz CT molecular complexity index is 500. The van der Waals surface area contributed by atoms with Crippen molar-refractivity contribution in [2.24, 2.45) is 5.73 Å². The number of methoxy groups -OCH3 is 1. The van der Waals surface area contributed by atoms with Gasteiger partial charge >= 0.3 is 0 Å². The highest BCUT2D eigenvalue weighted by Gasteiger charge is 2.28. The molecular formula is C10H18ClN3O3S. The van der Waals surface area contributed by atoms with Gasteiger partial charge in [-0.2, -0.15) is 5.10 Å². The van der Waals surface area contributed by atoms with E-state index in [0.717, 1.165) is 6.26 Å². The molecule has 0 aliphatic heterocycles. The molecule has 0 bridgehead atoms. The van der Waals surface area contributed by atoms with E-state index in [2.05, 4.69) is 5.10 Å². The highest BCUT2D eigenvalue weighted by atomic mass is 35.5. The van der Waals surface area contributed by atoms with Gasteiger partial charge in [-0.05, 0) is 6.92 Å². The van der Waals surface area contributed by atoms with Gasteiger partial charge in [0.2, 0.25) is 0 Å². The Kier molecular flexibility index (Phi) is 5.15. The lowest BCUT2D eigenvalue weighted by molar-refractivity contribution is 0.182. The normalized spacial score (nSPS) is 15.6. The molecule has 18 heavy (non-hydrogen) atoms. The number of aromatic nitrogens is 2. The van der Waals surface area contributed by atoms with E-state index in [4.69, 9.17) is 22.1 Å². The summed E-state index contributed by atoms with van der Waals surface area (Å²) in [6, 6.07) is -0.716. The Hall–Kier alpha value is -0.630. The lowest BCUT2D eigenvalue weighted by atomic mass is 10.1. The highest BCUT2D eigenvalue weighted by Crippen LogP contribution is 2.26. The third-order valence-corrected chi connectivity index (χ3v) is 4.77. The van der Waals surface area contributed by atoms with E-state index in [1.807, 2.05) is 0 Å². The maximum Gasteiger partial charge on any atom is 0.151 e. The van der Waals surface area contributed by atoms with Crippen LogP contribution in [0.5, 0.6) is 0 Å². The van der Waals surface area contributed by atoms with Gasteiger partial charge < -0.3 is 10.5 Å². The Morgan fingerprint density at radius 1 is 1.61 bits per heavy atom. The minimum atomic E-state index is -3.24. The molecule has 1 aromatic rings. The first-order valence-electron chi connectivity index (χ1n) is 5.43. The van der Waals surface area contributed by atoms with Crippen LogP contribution in [0.1, 0.15) is 18.7 Å². The fourth-order valence-corrected chi connectivity index (χ4v) is 2.48. The van der Waals surface area contributed by atoms with Crippen molar-refractivity contribution in [1.82, 2.24) is 9.78 Å². The number of rotatable bonds is 6. The number of hydrogen-bond acceptors (Lipinski definition) is 5. The summed E-state index contributed by atoms with van der Waals surface area (Å²) in [5, 5.41) is 3.71. The molecule has 0 aliphatic carbocycles. The van der Waals surface area contributed by atoms with Crippen molar-refractivity contribution in [3.63, 3.8) is 0 Å². The summed E-state index contributed by atoms with van der Waals surface area (Å²) in [6.07, 6.45) is 2.61. The van der Waals surface area contributed by atoms with Crippen molar-refractivity contribution >= 4 is 21.4 Å². The summed E-state index contributed by atoms with van der Waals surface area (Å²) in [4.78, 5) is 0. The lowest BCUT2D eigenvalue weighted by Gasteiger charge is -2.20. The molecule has 1 aromatic heterocycles. The predicted octanol–water partition coefficient (Wildman–Crippen LogP) is 0.616. The summed E-state index contributed by atoms with van der Waals surface area (Å²) in [5.41, 5.74) is 6.50.